The molecule has 138 valence electrons. The van der Waals surface area contributed by atoms with Gasteiger partial charge in [0.05, 0.1) is 6.61 Å². The van der Waals surface area contributed by atoms with Crippen molar-refractivity contribution in [1.29, 1.82) is 0 Å². The molecule has 5 nitrogen and oxygen atoms in total. The van der Waals surface area contributed by atoms with Crippen LogP contribution in [-0.2, 0) is 19.0 Å². The molecule has 1 aromatic carbocycles. The van der Waals surface area contributed by atoms with Gasteiger partial charge >= 0.3 is 5.97 Å². The Morgan fingerprint density at radius 3 is 2.81 bits per heavy atom. The fraction of sp³-hybridized carbons (Fsp3) is 0.381. The lowest BCUT2D eigenvalue weighted by Crippen LogP contribution is -2.28. The first-order valence-corrected chi connectivity index (χ1v) is 8.63. The van der Waals surface area contributed by atoms with Gasteiger partial charge in [0, 0.05) is 24.5 Å². The van der Waals surface area contributed by atoms with Gasteiger partial charge in [-0.15, -0.1) is 6.42 Å². The van der Waals surface area contributed by atoms with Gasteiger partial charge in [0.1, 0.15) is 6.61 Å². The van der Waals surface area contributed by atoms with Crippen LogP contribution in [0.15, 0.2) is 48.8 Å². The quantitative estimate of drug-likeness (QED) is 0.319. The average Bonchev–Trinajstić information content (AvgIpc) is 2.69. The van der Waals surface area contributed by atoms with E-state index in [0.29, 0.717) is 19.4 Å². The van der Waals surface area contributed by atoms with E-state index < -0.39 is 12.3 Å². The van der Waals surface area contributed by atoms with E-state index in [1.807, 2.05) is 24.3 Å². The second-order valence-electron chi connectivity index (χ2n) is 5.88. The summed E-state index contributed by atoms with van der Waals surface area (Å²) in [6.45, 7) is 4.22. The maximum atomic E-state index is 12.2. The molecular weight excluding hydrogens is 332 g/mol. The van der Waals surface area contributed by atoms with Gasteiger partial charge in [-0.1, -0.05) is 30.7 Å². The highest BCUT2D eigenvalue weighted by Crippen LogP contribution is 2.32. The summed E-state index contributed by atoms with van der Waals surface area (Å²) in [4.78, 5) is 12.2. The molecule has 5 heteroatoms. The maximum Gasteiger partial charge on any atom is 0.373 e. The summed E-state index contributed by atoms with van der Waals surface area (Å²) in [5, 5.41) is 8.85. The summed E-state index contributed by atoms with van der Waals surface area (Å²) in [7, 11) is 0. The summed E-state index contributed by atoms with van der Waals surface area (Å²) in [6.07, 6.45) is 10.1. The molecule has 1 aromatic rings. The van der Waals surface area contributed by atoms with Crippen molar-refractivity contribution in [2.24, 2.45) is 0 Å². The molecule has 2 atom stereocenters. The number of hydrogen-bond donors (Lipinski definition) is 1. The van der Waals surface area contributed by atoms with Gasteiger partial charge in [0.15, 0.2) is 0 Å². The normalized spacial score (nSPS) is 19.0. The Morgan fingerprint density at radius 2 is 2.15 bits per heavy atom. The molecule has 2 rings (SSSR count). The highest BCUT2D eigenvalue weighted by atomic mass is 16.7. The summed E-state index contributed by atoms with van der Waals surface area (Å²) in [6, 6.07) is 7.62. The molecule has 1 N–H and O–H groups in total. The second kappa shape index (κ2) is 10.4. The number of esters is 1. The molecule has 0 unspecified atom stereocenters. The molecule has 0 amide bonds. The zero-order valence-corrected chi connectivity index (χ0v) is 14.7. The first kappa shape index (κ1) is 19.8. The minimum Gasteiger partial charge on any atom is -0.458 e. The van der Waals surface area contributed by atoms with E-state index in [1.165, 1.54) is 6.08 Å². The SMILES string of the molecule is C#Cc1ccc([C@H]2C=C(C(=O)OCC=C)O[C@@H](OCCCCO)C2)cc1. The zero-order valence-electron chi connectivity index (χ0n) is 14.7. The summed E-state index contributed by atoms with van der Waals surface area (Å²) in [5.41, 5.74) is 1.82. The first-order chi connectivity index (χ1) is 12.7. The zero-order chi connectivity index (χ0) is 18.8. The molecule has 0 saturated carbocycles. The molecule has 0 radical (unpaired) electrons. The molecule has 0 spiro atoms. The van der Waals surface area contributed by atoms with Crippen molar-refractivity contribution in [2.45, 2.75) is 31.5 Å². The van der Waals surface area contributed by atoms with Crippen LogP contribution in [0.4, 0.5) is 0 Å². The van der Waals surface area contributed by atoms with Crippen LogP contribution in [0.5, 0.6) is 0 Å². The lowest BCUT2D eigenvalue weighted by molar-refractivity contribution is -0.160. The van der Waals surface area contributed by atoms with E-state index in [0.717, 1.165) is 17.5 Å². The minimum atomic E-state index is -0.553. The minimum absolute atomic E-state index is 0.0512. The van der Waals surface area contributed by atoms with Crippen molar-refractivity contribution in [1.82, 2.24) is 0 Å². The number of aliphatic hydroxyl groups excluding tert-OH is 1. The Bertz CT molecular complexity index is 669. The number of carbonyl (C=O) groups is 1. The highest BCUT2D eigenvalue weighted by Gasteiger charge is 2.29. The van der Waals surface area contributed by atoms with Crippen molar-refractivity contribution >= 4 is 5.97 Å². The standard InChI is InChI=1S/C21H24O5/c1-3-12-25-21(23)19-14-18(17-9-7-16(4-2)8-10-17)15-20(26-19)24-13-6-5-11-22/h2-3,7-10,14,18,20,22H,1,5-6,11-13,15H2/t18-,20+/m0/s1. The number of hydrogen-bond acceptors (Lipinski definition) is 5. The molecule has 0 bridgehead atoms. The van der Waals surface area contributed by atoms with Gasteiger partial charge < -0.3 is 19.3 Å². The number of unbranched alkanes of at least 4 members (excludes halogenated alkanes) is 1. The van der Waals surface area contributed by atoms with Crippen LogP contribution in [0.1, 0.15) is 36.3 Å². The van der Waals surface area contributed by atoms with Crippen molar-refractivity contribution < 1.29 is 24.1 Å². The Balaban J connectivity index is 2.13. The number of aliphatic hydroxyl groups is 1. The Hall–Kier alpha value is -2.55. The van der Waals surface area contributed by atoms with Crippen LogP contribution < -0.4 is 0 Å². The van der Waals surface area contributed by atoms with E-state index in [4.69, 9.17) is 25.7 Å². The second-order valence-corrected chi connectivity index (χ2v) is 5.88. The maximum absolute atomic E-state index is 12.2. The van der Waals surface area contributed by atoms with Crippen molar-refractivity contribution in [3.05, 3.63) is 59.9 Å². The number of rotatable bonds is 9. The molecule has 1 aliphatic heterocycles. The lowest BCUT2D eigenvalue weighted by Gasteiger charge is -2.29. The number of carbonyl (C=O) groups excluding carboxylic acids is 1. The third kappa shape index (κ3) is 5.76. The number of terminal acetylenes is 1. The van der Waals surface area contributed by atoms with Gasteiger partial charge in [-0.3, -0.25) is 0 Å². The number of ether oxygens (including phenoxy) is 3. The largest absolute Gasteiger partial charge is 0.458 e. The van der Waals surface area contributed by atoms with E-state index in [1.54, 1.807) is 6.08 Å². The highest BCUT2D eigenvalue weighted by molar-refractivity contribution is 5.86. The number of benzene rings is 1. The van der Waals surface area contributed by atoms with Crippen LogP contribution in [0, 0.1) is 12.3 Å². The molecule has 0 saturated heterocycles. The first-order valence-electron chi connectivity index (χ1n) is 8.63. The number of allylic oxidation sites excluding steroid dienone is 1. The topological polar surface area (TPSA) is 65.0 Å². The Kier molecular flexibility index (Phi) is 7.94. The van der Waals surface area contributed by atoms with E-state index in [-0.39, 0.29) is 24.9 Å². The molecule has 0 fully saturated rings. The van der Waals surface area contributed by atoms with Crippen LogP contribution >= 0.6 is 0 Å². The van der Waals surface area contributed by atoms with Crippen LogP contribution in [0.25, 0.3) is 0 Å². The molecule has 0 aliphatic carbocycles. The predicted molar refractivity (Wildman–Crippen MR) is 98.1 cm³/mol. The fourth-order valence-corrected chi connectivity index (χ4v) is 2.60. The molecule has 0 aromatic heterocycles. The van der Waals surface area contributed by atoms with Crippen LogP contribution in [0.3, 0.4) is 0 Å². The average molecular weight is 356 g/mol. The van der Waals surface area contributed by atoms with Gasteiger partial charge in [-0.05, 0) is 36.6 Å². The molecule has 1 aliphatic rings. The van der Waals surface area contributed by atoms with E-state index in [2.05, 4.69) is 12.5 Å². The van der Waals surface area contributed by atoms with Gasteiger partial charge in [0.25, 0.3) is 0 Å². The van der Waals surface area contributed by atoms with E-state index >= 15 is 0 Å². The van der Waals surface area contributed by atoms with E-state index in [9.17, 15) is 4.79 Å². The third-order valence-corrected chi connectivity index (χ3v) is 3.95. The van der Waals surface area contributed by atoms with Crippen molar-refractivity contribution in [3.63, 3.8) is 0 Å². The molecule has 26 heavy (non-hydrogen) atoms. The van der Waals surface area contributed by atoms with Crippen LogP contribution in [-0.4, -0.2) is 37.2 Å². The van der Waals surface area contributed by atoms with Crippen molar-refractivity contribution in [2.75, 3.05) is 19.8 Å². The van der Waals surface area contributed by atoms with Gasteiger partial charge in [0.2, 0.25) is 12.0 Å². The fourth-order valence-electron chi connectivity index (χ4n) is 2.60. The Labute approximate surface area is 154 Å². The summed E-state index contributed by atoms with van der Waals surface area (Å²) < 4.78 is 16.5. The monoisotopic (exact) mass is 356 g/mol. The molecule has 1 heterocycles. The van der Waals surface area contributed by atoms with Gasteiger partial charge in [-0.25, -0.2) is 4.79 Å². The smallest absolute Gasteiger partial charge is 0.373 e. The summed E-state index contributed by atoms with van der Waals surface area (Å²) >= 11 is 0. The summed E-state index contributed by atoms with van der Waals surface area (Å²) in [5.74, 6) is 2.13. The van der Waals surface area contributed by atoms with Crippen LogP contribution in [0.2, 0.25) is 0 Å². The van der Waals surface area contributed by atoms with Crippen molar-refractivity contribution in [3.8, 4) is 12.3 Å². The van der Waals surface area contributed by atoms with Gasteiger partial charge in [-0.2, -0.15) is 0 Å². The predicted octanol–water partition coefficient (Wildman–Crippen LogP) is 2.90. The molecular formula is C21H24O5. The third-order valence-electron chi connectivity index (χ3n) is 3.95. The Morgan fingerprint density at radius 1 is 1.38 bits per heavy atom. The lowest BCUT2D eigenvalue weighted by atomic mass is 9.92.